The van der Waals surface area contributed by atoms with Gasteiger partial charge < -0.3 is 10.6 Å². The van der Waals surface area contributed by atoms with Gasteiger partial charge in [0.1, 0.15) is 4.88 Å². The third-order valence-electron chi connectivity index (χ3n) is 3.64. The summed E-state index contributed by atoms with van der Waals surface area (Å²) >= 11 is 3.07. The van der Waals surface area contributed by atoms with Crippen molar-refractivity contribution in [2.45, 2.75) is 18.4 Å². The maximum absolute atomic E-state index is 12.5. The Morgan fingerprint density at radius 1 is 1.12 bits per heavy atom. The van der Waals surface area contributed by atoms with Gasteiger partial charge in [0.2, 0.25) is 0 Å². The van der Waals surface area contributed by atoms with Crippen molar-refractivity contribution >= 4 is 39.8 Å². The summed E-state index contributed by atoms with van der Waals surface area (Å²) in [6.45, 7) is 2.36. The van der Waals surface area contributed by atoms with Crippen LogP contribution in [0.3, 0.4) is 0 Å². The van der Waals surface area contributed by atoms with Crippen molar-refractivity contribution < 1.29 is 4.79 Å². The van der Waals surface area contributed by atoms with Gasteiger partial charge in [0.25, 0.3) is 5.91 Å². The summed E-state index contributed by atoms with van der Waals surface area (Å²) in [6.07, 6.45) is 2.05. The molecule has 2 aromatic carbocycles. The van der Waals surface area contributed by atoms with E-state index >= 15 is 0 Å². The van der Waals surface area contributed by atoms with Gasteiger partial charge in [-0.2, -0.15) is 0 Å². The quantitative estimate of drug-likeness (QED) is 0.610. The minimum Gasteiger partial charge on any atom is -0.347 e. The lowest BCUT2D eigenvalue weighted by atomic mass is 10.2. The number of nitrogens with zero attached hydrogens (tertiary/aromatic N) is 1. The molecule has 1 amide bonds. The van der Waals surface area contributed by atoms with Gasteiger partial charge in [-0.15, -0.1) is 11.8 Å². The number of thioether (sulfide) groups is 1. The Kier molecular flexibility index (Phi) is 5.73. The largest absolute Gasteiger partial charge is 0.347 e. The number of nitrogens with one attached hydrogen (secondary N) is 2. The van der Waals surface area contributed by atoms with E-state index in [2.05, 4.69) is 27.8 Å². The molecule has 3 rings (SSSR count). The molecule has 0 aliphatic carbocycles. The Hall–Kier alpha value is -2.31. The molecule has 0 aliphatic rings. The van der Waals surface area contributed by atoms with E-state index in [0.717, 1.165) is 22.1 Å². The summed E-state index contributed by atoms with van der Waals surface area (Å²) < 4.78 is 0. The number of aromatic nitrogens is 1. The van der Waals surface area contributed by atoms with Gasteiger partial charge in [-0.1, -0.05) is 41.7 Å². The van der Waals surface area contributed by atoms with E-state index < -0.39 is 0 Å². The molecule has 0 aliphatic heterocycles. The standard InChI is InChI=1S/C19H19N3OS2/c1-13-17(25-19(21-13)22-15-6-4-3-5-7-15)18(23)20-12-14-8-10-16(24-2)11-9-14/h3-11H,12H2,1-2H3,(H,20,23)(H,21,22). The van der Waals surface area contributed by atoms with Crippen LogP contribution >= 0.6 is 23.1 Å². The van der Waals surface area contributed by atoms with Crippen molar-refractivity contribution in [3.63, 3.8) is 0 Å². The smallest absolute Gasteiger partial charge is 0.263 e. The summed E-state index contributed by atoms with van der Waals surface area (Å²) in [5.74, 6) is -0.0925. The lowest BCUT2D eigenvalue weighted by Crippen LogP contribution is -2.22. The van der Waals surface area contributed by atoms with E-state index in [1.165, 1.54) is 16.2 Å². The Morgan fingerprint density at radius 2 is 1.84 bits per heavy atom. The zero-order chi connectivity index (χ0) is 17.6. The van der Waals surface area contributed by atoms with Gasteiger partial charge in [-0.05, 0) is 43.0 Å². The van der Waals surface area contributed by atoms with Crippen molar-refractivity contribution in [2.75, 3.05) is 11.6 Å². The zero-order valence-corrected chi connectivity index (χ0v) is 15.7. The average Bonchev–Trinajstić information content (AvgIpc) is 3.01. The number of anilines is 2. The Balaban J connectivity index is 1.63. The molecule has 0 fully saturated rings. The second-order valence-electron chi connectivity index (χ2n) is 5.46. The molecule has 0 saturated carbocycles. The average molecular weight is 370 g/mol. The summed E-state index contributed by atoms with van der Waals surface area (Å²) in [6, 6.07) is 18.0. The van der Waals surface area contributed by atoms with E-state index in [4.69, 9.17) is 0 Å². The molecular weight excluding hydrogens is 350 g/mol. The van der Waals surface area contributed by atoms with Crippen LogP contribution in [0.4, 0.5) is 10.8 Å². The summed E-state index contributed by atoms with van der Waals surface area (Å²) in [5.41, 5.74) is 2.77. The number of hydrogen-bond acceptors (Lipinski definition) is 5. The molecule has 4 nitrogen and oxygen atoms in total. The van der Waals surface area contributed by atoms with Crippen LogP contribution in [0.5, 0.6) is 0 Å². The van der Waals surface area contributed by atoms with Gasteiger partial charge >= 0.3 is 0 Å². The number of amides is 1. The molecule has 1 heterocycles. The van der Waals surface area contributed by atoms with E-state index in [1.54, 1.807) is 11.8 Å². The molecule has 0 atom stereocenters. The fourth-order valence-electron chi connectivity index (χ4n) is 2.31. The SMILES string of the molecule is CSc1ccc(CNC(=O)c2sc(Nc3ccccc3)nc2C)cc1. The first-order valence-electron chi connectivity index (χ1n) is 7.86. The van der Waals surface area contributed by atoms with Crippen LogP contribution in [0.2, 0.25) is 0 Å². The lowest BCUT2D eigenvalue weighted by molar-refractivity contribution is 0.0954. The minimum absolute atomic E-state index is 0.0925. The number of benzene rings is 2. The normalized spacial score (nSPS) is 10.5. The number of para-hydroxylation sites is 1. The summed E-state index contributed by atoms with van der Waals surface area (Å²) in [5, 5.41) is 6.92. The second kappa shape index (κ2) is 8.18. The molecule has 0 bridgehead atoms. The molecule has 0 saturated heterocycles. The molecule has 128 valence electrons. The van der Waals surface area contributed by atoms with E-state index in [0.29, 0.717) is 11.4 Å². The maximum atomic E-state index is 12.5. The Morgan fingerprint density at radius 3 is 2.52 bits per heavy atom. The number of thiazole rings is 1. The topological polar surface area (TPSA) is 54.0 Å². The van der Waals surface area contributed by atoms with Crippen molar-refractivity contribution in [2.24, 2.45) is 0 Å². The molecular formula is C19H19N3OS2. The molecule has 3 aromatic rings. The number of rotatable bonds is 6. The lowest BCUT2D eigenvalue weighted by Gasteiger charge is -2.05. The molecule has 0 radical (unpaired) electrons. The van der Waals surface area contributed by atoms with E-state index in [-0.39, 0.29) is 5.91 Å². The van der Waals surface area contributed by atoms with Crippen molar-refractivity contribution in [3.8, 4) is 0 Å². The highest BCUT2D eigenvalue weighted by atomic mass is 32.2. The highest BCUT2D eigenvalue weighted by Crippen LogP contribution is 2.25. The zero-order valence-electron chi connectivity index (χ0n) is 14.1. The number of carbonyl (C=O) groups is 1. The van der Waals surface area contributed by atoms with Crippen LogP contribution in [-0.4, -0.2) is 17.1 Å². The van der Waals surface area contributed by atoms with E-state index in [1.807, 2.05) is 55.6 Å². The molecule has 0 spiro atoms. The maximum Gasteiger partial charge on any atom is 0.263 e. The first kappa shape index (κ1) is 17.5. The van der Waals surface area contributed by atoms with Crippen LogP contribution in [0.1, 0.15) is 20.9 Å². The third kappa shape index (κ3) is 4.61. The van der Waals surface area contributed by atoms with Gasteiger partial charge in [0.05, 0.1) is 5.69 Å². The van der Waals surface area contributed by atoms with E-state index in [9.17, 15) is 4.79 Å². The highest BCUT2D eigenvalue weighted by Gasteiger charge is 2.15. The first-order valence-corrected chi connectivity index (χ1v) is 9.90. The van der Waals surface area contributed by atoms with Gasteiger partial charge in [0, 0.05) is 17.1 Å². The van der Waals surface area contributed by atoms with Gasteiger partial charge in [-0.3, -0.25) is 4.79 Å². The fraction of sp³-hybridized carbons (Fsp3) is 0.158. The number of hydrogen-bond donors (Lipinski definition) is 2. The molecule has 25 heavy (non-hydrogen) atoms. The third-order valence-corrected chi connectivity index (χ3v) is 5.46. The predicted octanol–water partition coefficient (Wildman–Crippen LogP) is 4.85. The highest BCUT2D eigenvalue weighted by molar-refractivity contribution is 7.98. The second-order valence-corrected chi connectivity index (χ2v) is 7.33. The number of aryl methyl sites for hydroxylation is 1. The predicted molar refractivity (Wildman–Crippen MR) is 106 cm³/mol. The summed E-state index contributed by atoms with van der Waals surface area (Å²) in [4.78, 5) is 18.8. The molecule has 2 N–H and O–H groups in total. The van der Waals surface area contributed by atoms with Crippen molar-refractivity contribution in [1.82, 2.24) is 10.3 Å². The van der Waals surface area contributed by atoms with Crippen molar-refractivity contribution in [1.29, 1.82) is 0 Å². The van der Waals surface area contributed by atoms with Gasteiger partial charge in [-0.25, -0.2) is 4.98 Å². The first-order chi connectivity index (χ1) is 12.2. The van der Waals surface area contributed by atoms with Crippen molar-refractivity contribution in [3.05, 3.63) is 70.7 Å². The molecule has 0 unspecified atom stereocenters. The fourth-order valence-corrected chi connectivity index (χ4v) is 3.62. The number of carbonyl (C=O) groups excluding carboxylic acids is 1. The van der Waals surface area contributed by atoms with Crippen LogP contribution in [-0.2, 0) is 6.54 Å². The van der Waals surface area contributed by atoms with Crippen LogP contribution in [0.15, 0.2) is 59.5 Å². The molecule has 1 aromatic heterocycles. The Labute approximate surface area is 155 Å². The van der Waals surface area contributed by atoms with Crippen LogP contribution in [0, 0.1) is 6.92 Å². The van der Waals surface area contributed by atoms with Gasteiger partial charge in [0.15, 0.2) is 5.13 Å². The Bertz CT molecular complexity index is 845. The monoisotopic (exact) mass is 369 g/mol. The van der Waals surface area contributed by atoms with Crippen LogP contribution in [0.25, 0.3) is 0 Å². The van der Waals surface area contributed by atoms with Crippen LogP contribution < -0.4 is 10.6 Å². The minimum atomic E-state index is -0.0925. The summed E-state index contributed by atoms with van der Waals surface area (Å²) in [7, 11) is 0. The molecule has 6 heteroatoms.